The van der Waals surface area contributed by atoms with Crippen molar-refractivity contribution >= 4 is 22.5 Å². The van der Waals surface area contributed by atoms with Gasteiger partial charge in [0.2, 0.25) is 0 Å². The Bertz CT molecular complexity index is 1240. The van der Waals surface area contributed by atoms with Crippen molar-refractivity contribution in [2.24, 2.45) is 0 Å². The number of para-hydroxylation sites is 2. The minimum Gasteiger partial charge on any atom is -0.369 e. The van der Waals surface area contributed by atoms with Crippen LogP contribution in [0.2, 0.25) is 0 Å². The molecule has 1 saturated heterocycles. The molecule has 4 aromatic rings. The van der Waals surface area contributed by atoms with Gasteiger partial charge in [0.15, 0.2) is 0 Å². The lowest BCUT2D eigenvalue weighted by atomic mass is 10.1. The average Bonchev–Trinajstić information content (AvgIpc) is 3.17. The summed E-state index contributed by atoms with van der Waals surface area (Å²) in [6.45, 7) is 9.56. The summed E-state index contributed by atoms with van der Waals surface area (Å²) in [6.07, 6.45) is 1.70. The molecule has 1 aliphatic rings. The van der Waals surface area contributed by atoms with Gasteiger partial charge in [-0.25, -0.2) is 9.97 Å². The van der Waals surface area contributed by atoms with Gasteiger partial charge in [0.25, 0.3) is 0 Å². The number of pyridine rings is 2. The van der Waals surface area contributed by atoms with Crippen LogP contribution in [-0.2, 0) is 11.3 Å². The summed E-state index contributed by atoms with van der Waals surface area (Å²) >= 11 is 0. The molecule has 0 saturated carbocycles. The number of morpholine rings is 1. The quantitative estimate of drug-likeness (QED) is 0.452. The van der Waals surface area contributed by atoms with Gasteiger partial charge >= 0.3 is 0 Å². The number of benzene rings is 1. The highest BCUT2D eigenvalue weighted by Gasteiger charge is 2.25. The van der Waals surface area contributed by atoms with E-state index in [2.05, 4.69) is 63.9 Å². The average molecular weight is 443 g/mol. The number of fused-ring (bicyclic) bond motifs is 1. The third kappa shape index (κ3) is 4.74. The second kappa shape index (κ2) is 9.29. The Hall–Kier alpha value is -3.29. The number of anilines is 2. The van der Waals surface area contributed by atoms with Gasteiger partial charge in [0.1, 0.15) is 17.7 Å². The van der Waals surface area contributed by atoms with Crippen molar-refractivity contribution in [3.05, 3.63) is 78.0 Å². The predicted molar refractivity (Wildman–Crippen MR) is 131 cm³/mol. The van der Waals surface area contributed by atoms with Crippen LogP contribution in [0.25, 0.3) is 11.0 Å². The molecule has 170 valence electrons. The summed E-state index contributed by atoms with van der Waals surface area (Å²) in [5, 5.41) is 3.38. The van der Waals surface area contributed by atoms with Crippen molar-refractivity contribution < 1.29 is 4.74 Å². The normalized spacial score (nSPS) is 17.0. The summed E-state index contributed by atoms with van der Waals surface area (Å²) < 4.78 is 8.50. The topological polar surface area (TPSA) is 68.1 Å². The molecule has 1 fully saturated rings. The first-order valence-corrected chi connectivity index (χ1v) is 11.5. The van der Waals surface area contributed by atoms with Gasteiger partial charge in [-0.05, 0) is 57.2 Å². The van der Waals surface area contributed by atoms with Crippen LogP contribution in [0.1, 0.15) is 43.2 Å². The van der Waals surface area contributed by atoms with E-state index in [9.17, 15) is 0 Å². The maximum atomic E-state index is 6.15. The SMILES string of the molecule is Cc1cc(Nc2ccccn2)cc(C2CN(Cc3nc4ccccc4n3C(C)C)CCO2)n1. The van der Waals surface area contributed by atoms with Crippen molar-refractivity contribution in [3.8, 4) is 0 Å². The molecule has 1 aromatic carbocycles. The Morgan fingerprint density at radius 2 is 1.94 bits per heavy atom. The number of hydrogen-bond acceptors (Lipinski definition) is 6. The molecule has 5 rings (SSSR count). The zero-order valence-electron chi connectivity index (χ0n) is 19.4. The van der Waals surface area contributed by atoms with E-state index in [-0.39, 0.29) is 6.10 Å². The van der Waals surface area contributed by atoms with Crippen molar-refractivity contribution in [2.45, 2.75) is 39.5 Å². The molecular weight excluding hydrogens is 412 g/mol. The number of hydrogen-bond donors (Lipinski definition) is 1. The Labute approximate surface area is 194 Å². The zero-order chi connectivity index (χ0) is 22.8. The van der Waals surface area contributed by atoms with E-state index >= 15 is 0 Å². The number of aryl methyl sites for hydroxylation is 1. The number of nitrogens with one attached hydrogen (secondary N) is 1. The number of aromatic nitrogens is 4. The zero-order valence-corrected chi connectivity index (χ0v) is 19.4. The van der Waals surface area contributed by atoms with Gasteiger partial charge in [0.05, 0.1) is 29.9 Å². The van der Waals surface area contributed by atoms with E-state index in [1.807, 2.05) is 31.2 Å². The molecular formula is C26H30N6O. The maximum Gasteiger partial charge on any atom is 0.130 e. The van der Waals surface area contributed by atoms with E-state index in [1.165, 1.54) is 5.52 Å². The number of ether oxygens (including phenoxy) is 1. The molecule has 1 atom stereocenters. The van der Waals surface area contributed by atoms with E-state index in [1.54, 1.807) is 6.20 Å². The molecule has 0 amide bonds. The second-order valence-electron chi connectivity index (χ2n) is 8.84. The van der Waals surface area contributed by atoms with E-state index in [0.717, 1.165) is 53.9 Å². The Kier molecular flexibility index (Phi) is 6.07. The summed E-state index contributed by atoms with van der Waals surface area (Å²) in [7, 11) is 0. The van der Waals surface area contributed by atoms with Crippen LogP contribution in [0.5, 0.6) is 0 Å². The third-order valence-electron chi connectivity index (χ3n) is 5.94. The van der Waals surface area contributed by atoms with Crippen LogP contribution in [0.3, 0.4) is 0 Å². The molecule has 0 bridgehead atoms. The first-order chi connectivity index (χ1) is 16.1. The molecule has 7 heteroatoms. The van der Waals surface area contributed by atoms with Crippen molar-refractivity contribution in [1.29, 1.82) is 0 Å². The Balaban J connectivity index is 1.36. The van der Waals surface area contributed by atoms with Gasteiger partial charge in [-0.1, -0.05) is 18.2 Å². The highest BCUT2D eigenvalue weighted by atomic mass is 16.5. The lowest BCUT2D eigenvalue weighted by Crippen LogP contribution is -2.38. The first-order valence-electron chi connectivity index (χ1n) is 11.5. The Morgan fingerprint density at radius 3 is 2.76 bits per heavy atom. The molecule has 1 aliphatic heterocycles. The summed E-state index contributed by atoms with van der Waals surface area (Å²) in [6, 6.07) is 18.7. The fourth-order valence-corrected chi connectivity index (χ4v) is 4.52. The third-order valence-corrected chi connectivity index (χ3v) is 5.94. The number of nitrogens with zero attached hydrogens (tertiary/aromatic N) is 5. The maximum absolute atomic E-state index is 6.15. The fraction of sp³-hybridized carbons (Fsp3) is 0.346. The van der Waals surface area contributed by atoms with Crippen LogP contribution >= 0.6 is 0 Å². The molecule has 0 aliphatic carbocycles. The van der Waals surface area contributed by atoms with Crippen molar-refractivity contribution in [1.82, 2.24) is 24.4 Å². The summed E-state index contributed by atoms with van der Waals surface area (Å²) in [5.41, 5.74) is 5.11. The van der Waals surface area contributed by atoms with Gasteiger partial charge in [-0.15, -0.1) is 0 Å². The minimum atomic E-state index is -0.0835. The van der Waals surface area contributed by atoms with E-state index < -0.39 is 0 Å². The van der Waals surface area contributed by atoms with Gasteiger partial charge < -0.3 is 14.6 Å². The smallest absolute Gasteiger partial charge is 0.130 e. The summed E-state index contributed by atoms with van der Waals surface area (Å²) in [5.74, 6) is 1.91. The van der Waals surface area contributed by atoms with Gasteiger partial charge in [-0.3, -0.25) is 9.88 Å². The lowest BCUT2D eigenvalue weighted by molar-refractivity contribution is -0.0360. The highest BCUT2D eigenvalue weighted by Crippen LogP contribution is 2.27. The number of imidazole rings is 1. The second-order valence-corrected chi connectivity index (χ2v) is 8.84. The summed E-state index contributed by atoms with van der Waals surface area (Å²) in [4.78, 5) is 16.5. The van der Waals surface area contributed by atoms with E-state index in [0.29, 0.717) is 12.6 Å². The van der Waals surface area contributed by atoms with Crippen LogP contribution in [0.15, 0.2) is 60.8 Å². The van der Waals surface area contributed by atoms with Gasteiger partial charge in [0, 0.05) is 36.7 Å². The highest BCUT2D eigenvalue weighted by molar-refractivity contribution is 5.76. The van der Waals surface area contributed by atoms with Crippen LogP contribution in [0, 0.1) is 6.92 Å². The lowest BCUT2D eigenvalue weighted by Gasteiger charge is -2.33. The molecule has 1 N–H and O–H groups in total. The van der Waals surface area contributed by atoms with Crippen LogP contribution in [-0.4, -0.2) is 44.1 Å². The molecule has 33 heavy (non-hydrogen) atoms. The molecule has 7 nitrogen and oxygen atoms in total. The fourth-order valence-electron chi connectivity index (χ4n) is 4.52. The Morgan fingerprint density at radius 1 is 1.09 bits per heavy atom. The largest absolute Gasteiger partial charge is 0.369 e. The molecule has 0 spiro atoms. The predicted octanol–water partition coefficient (Wildman–Crippen LogP) is 5.03. The molecule has 3 aromatic heterocycles. The first kappa shape index (κ1) is 21.6. The monoisotopic (exact) mass is 442 g/mol. The van der Waals surface area contributed by atoms with Crippen molar-refractivity contribution in [3.63, 3.8) is 0 Å². The van der Waals surface area contributed by atoms with Gasteiger partial charge in [-0.2, -0.15) is 0 Å². The van der Waals surface area contributed by atoms with Crippen molar-refractivity contribution in [2.75, 3.05) is 25.0 Å². The molecule has 1 unspecified atom stereocenters. The minimum absolute atomic E-state index is 0.0835. The van der Waals surface area contributed by atoms with Crippen LogP contribution < -0.4 is 5.32 Å². The number of rotatable bonds is 6. The standard InChI is InChI=1S/C26H30N6O/c1-18(2)32-23-9-5-4-8-21(23)30-26(32)17-31-12-13-33-24(16-31)22-15-20(14-19(3)28-22)29-25-10-6-7-11-27-25/h4-11,14-15,18,24H,12-13,16-17H2,1-3H3,(H,27,28,29). The van der Waals surface area contributed by atoms with Crippen LogP contribution in [0.4, 0.5) is 11.5 Å². The molecule has 4 heterocycles. The van der Waals surface area contributed by atoms with E-state index in [4.69, 9.17) is 14.7 Å². The molecule has 0 radical (unpaired) electrons.